The number of rotatable bonds is 3. The molecule has 2 amide bonds. The molecule has 2 heterocycles. The minimum absolute atomic E-state index is 0.249. The lowest BCUT2D eigenvalue weighted by Gasteiger charge is -2.00. The molecule has 132 valence electrons. The molecule has 0 fully saturated rings. The van der Waals surface area contributed by atoms with E-state index in [2.05, 4.69) is 15.0 Å². The molecule has 3 rings (SSSR count). The number of carbonyl (C=O) groups is 3. The third kappa shape index (κ3) is 3.92. The van der Waals surface area contributed by atoms with Crippen LogP contribution in [0.4, 0.5) is 0 Å². The topological polar surface area (TPSA) is 98.0 Å². The summed E-state index contributed by atoms with van der Waals surface area (Å²) in [5, 5.41) is 2.73. The van der Waals surface area contributed by atoms with Gasteiger partial charge in [-0.05, 0) is 36.0 Å². The molecule has 7 nitrogen and oxygen atoms in total. The molecule has 0 radical (unpaired) electrons. The average Bonchev–Trinajstić information content (AvgIpc) is 3.21. The fraction of sp³-hybridized carbons (Fsp3) is 0.111. The fourth-order valence-corrected chi connectivity index (χ4v) is 3.06. The first-order valence-corrected chi connectivity index (χ1v) is 8.36. The number of thioether (sulfide) groups is 1. The Bertz CT molecular complexity index is 941. The molecule has 0 bridgehead atoms. The zero-order valence-corrected chi connectivity index (χ0v) is 14.8. The number of nitrogens with zero attached hydrogens (tertiary/aromatic N) is 1. The zero-order chi connectivity index (χ0) is 18.7. The number of nitrogens with one attached hydrogen (secondary N) is 1. The van der Waals surface area contributed by atoms with Gasteiger partial charge in [-0.2, -0.15) is 4.99 Å². The van der Waals surface area contributed by atoms with Gasteiger partial charge in [0.15, 0.2) is 5.17 Å². The highest BCUT2D eigenvalue weighted by Gasteiger charge is 2.23. The Labute approximate surface area is 153 Å². The Morgan fingerprint density at radius 2 is 1.92 bits per heavy atom. The van der Waals surface area contributed by atoms with Gasteiger partial charge in [-0.1, -0.05) is 12.1 Å². The van der Waals surface area contributed by atoms with Crippen molar-refractivity contribution in [3.05, 3.63) is 52.6 Å². The molecule has 1 N–H and O–H groups in total. The predicted molar refractivity (Wildman–Crippen MR) is 97.3 cm³/mol. The molecule has 1 aliphatic rings. The second kappa shape index (κ2) is 7.40. The maximum absolute atomic E-state index is 11.9. The number of amidine groups is 1. The van der Waals surface area contributed by atoms with Gasteiger partial charge in [0.25, 0.3) is 5.91 Å². The van der Waals surface area contributed by atoms with Crippen molar-refractivity contribution in [1.29, 1.82) is 0 Å². The van der Waals surface area contributed by atoms with Gasteiger partial charge in [0.05, 0.1) is 17.6 Å². The van der Waals surface area contributed by atoms with Crippen LogP contribution >= 0.6 is 11.8 Å². The fourth-order valence-electron chi connectivity index (χ4n) is 2.22. The minimum atomic E-state index is -0.431. The molecule has 0 unspecified atom stereocenters. The largest absolute Gasteiger partial charge is 0.465 e. The SMILES string of the molecule is COC(=O)c1ccc(-c2ccc(/C=C3\SC(NC(C)=O)=NC3=O)o2)cc1. The lowest BCUT2D eigenvalue weighted by atomic mass is 10.1. The Morgan fingerprint density at radius 1 is 1.19 bits per heavy atom. The third-order valence-corrected chi connectivity index (χ3v) is 4.29. The molecule has 0 aliphatic carbocycles. The number of methoxy groups -OCH3 is 1. The minimum Gasteiger partial charge on any atom is -0.465 e. The van der Waals surface area contributed by atoms with Gasteiger partial charge in [0.2, 0.25) is 5.91 Å². The number of aliphatic imine (C=N–C) groups is 1. The van der Waals surface area contributed by atoms with E-state index in [0.717, 1.165) is 17.3 Å². The van der Waals surface area contributed by atoms with Crippen molar-refractivity contribution in [2.24, 2.45) is 4.99 Å². The van der Waals surface area contributed by atoms with E-state index in [4.69, 9.17) is 4.42 Å². The number of esters is 1. The first kappa shape index (κ1) is 17.7. The Balaban J connectivity index is 1.75. The Morgan fingerprint density at radius 3 is 2.58 bits per heavy atom. The van der Waals surface area contributed by atoms with Crippen molar-refractivity contribution in [3.8, 4) is 11.3 Å². The summed E-state index contributed by atoms with van der Waals surface area (Å²) in [7, 11) is 1.33. The van der Waals surface area contributed by atoms with E-state index in [9.17, 15) is 14.4 Å². The van der Waals surface area contributed by atoms with Crippen LogP contribution in [0.5, 0.6) is 0 Å². The van der Waals surface area contributed by atoms with Crippen molar-refractivity contribution in [2.75, 3.05) is 7.11 Å². The summed E-state index contributed by atoms with van der Waals surface area (Å²) in [4.78, 5) is 38.5. The maximum Gasteiger partial charge on any atom is 0.337 e. The van der Waals surface area contributed by atoms with E-state index in [1.165, 1.54) is 14.0 Å². The van der Waals surface area contributed by atoms with E-state index in [-0.39, 0.29) is 11.1 Å². The summed E-state index contributed by atoms with van der Waals surface area (Å²) >= 11 is 1.07. The van der Waals surface area contributed by atoms with E-state index < -0.39 is 11.9 Å². The number of amides is 2. The molecule has 2 aromatic rings. The number of hydrogen-bond donors (Lipinski definition) is 1. The van der Waals surface area contributed by atoms with Gasteiger partial charge in [0.1, 0.15) is 11.5 Å². The molecular weight excluding hydrogens is 356 g/mol. The highest BCUT2D eigenvalue weighted by atomic mass is 32.2. The normalized spacial score (nSPS) is 15.1. The quantitative estimate of drug-likeness (QED) is 0.659. The summed E-state index contributed by atoms with van der Waals surface area (Å²) in [6.45, 7) is 1.35. The summed E-state index contributed by atoms with van der Waals surface area (Å²) < 4.78 is 10.4. The Hall–Kier alpha value is -3.13. The highest BCUT2D eigenvalue weighted by Crippen LogP contribution is 2.29. The molecule has 8 heteroatoms. The van der Waals surface area contributed by atoms with E-state index in [1.54, 1.807) is 42.5 Å². The van der Waals surface area contributed by atoms with Crippen molar-refractivity contribution >= 4 is 40.8 Å². The molecule has 1 aliphatic heterocycles. The van der Waals surface area contributed by atoms with E-state index >= 15 is 0 Å². The van der Waals surface area contributed by atoms with Crippen LogP contribution in [0.2, 0.25) is 0 Å². The molecule has 0 saturated heterocycles. The van der Waals surface area contributed by atoms with Crippen LogP contribution in [-0.2, 0) is 14.3 Å². The smallest absolute Gasteiger partial charge is 0.337 e. The highest BCUT2D eigenvalue weighted by molar-refractivity contribution is 8.18. The average molecular weight is 370 g/mol. The van der Waals surface area contributed by atoms with Gasteiger partial charge >= 0.3 is 5.97 Å². The van der Waals surface area contributed by atoms with Crippen molar-refractivity contribution < 1.29 is 23.5 Å². The van der Waals surface area contributed by atoms with Crippen LogP contribution in [-0.4, -0.2) is 30.1 Å². The number of benzene rings is 1. The Kier molecular flexibility index (Phi) is 5.04. The predicted octanol–water partition coefficient (Wildman–Crippen LogP) is 2.84. The molecule has 1 aromatic heterocycles. The van der Waals surface area contributed by atoms with Gasteiger partial charge < -0.3 is 14.5 Å². The first-order chi connectivity index (χ1) is 12.5. The molecular formula is C18H14N2O5S. The second-order valence-corrected chi connectivity index (χ2v) is 6.32. The summed E-state index contributed by atoms with van der Waals surface area (Å²) in [5.74, 6) is -0.0628. The monoisotopic (exact) mass is 370 g/mol. The van der Waals surface area contributed by atoms with Crippen molar-refractivity contribution in [1.82, 2.24) is 5.32 Å². The van der Waals surface area contributed by atoms with Crippen LogP contribution in [0.25, 0.3) is 17.4 Å². The second-order valence-electron chi connectivity index (χ2n) is 5.28. The molecule has 0 saturated carbocycles. The zero-order valence-electron chi connectivity index (χ0n) is 13.9. The number of ether oxygens (including phenoxy) is 1. The van der Waals surface area contributed by atoms with Crippen LogP contribution in [0, 0.1) is 0 Å². The molecule has 0 spiro atoms. The third-order valence-electron chi connectivity index (χ3n) is 3.39. The van der Waals surface area contributed by atoms with Gasteiger partial charge in [-0.25, -0.2) is 4.79 Å². The standard InChI is InChI=1S/C18H14N2O5S/c1-10(21)19-18-20-16(22)15(26-18)9-13-7-8-14(25-13)11-3-5-12(6-4-11)17(23)24-2/h3-9H,1-2H3,(H,19,20,21,22)/b15-9-. The molecule has 1 aromatic carbocycles. The maximum atomic E-state index is 11.9. The van der Waals surface area contributed by atoms with Crippen molar-refractivity contribution in [3.63, 3.8) is 0 Å². The lowest BCUT2D eigenvalue weighted by Crippen LogP contribution is -2.23. The van der Waals surface area contributed by atoms with Crippen molar-refractivity contribution in [2.45, 2.75) is 6.92 Å². The number of hydrogen-bond acceptors (Lipinski definition) is 6. The van der Waals surface area contributed by atoms with Crippen LogP contribution < -0.4 is 5.32 Å². The van der Waals surface area contributed by atoms with E-state index in [0.29, 0.717) is 22.0 Å². The van der Waals surface area contributed by atoms with Crippen LogP contribution in [0.1, 0.15) is 23.0 Å². The molecule has 0 atom stereocenters. The van der Waals surface area contributed by atoms with Crippen LogP contribution in [0.3, 0.4) is 0 Å². The van der Waals surface area contributed by atoms with E-state index in [1.807, 2.05) is 0 Å². The molecule has 26 heavy (non-hydrogen) atoms. The number of furan rings is 1. The first-order valence-electron chi connectivity index (χ1n) is 7.55. The lowest BCUT2D eigenvalue weighted by molar-refractivity contribution is -0.117. The van der Waals surface area contributed by atoms with Gasteiger partial charge in [-0.3, -0.25) is 9.59 Å². The van der Waals surface area contributed by atoms with Gasteiger partial charge in [0, 0.05) is 18.6 Å². The van der Waals surface area contributed by atoms with Crippen LogP contribution in [0.15, 0.2) is 50.7 Å². The summed E-state index contributed by atoms with van der Waals surface area (Å²) in [6, 6.07) is 10.3. The summed E-state index contributed by atoms with van der Waals surface area (Å²) in [5.41, 5.74) is 1.23. The summed E-state index contributed by atoms with van der Waals surface area (Å²) in [6.07, 6.45) is 1.57. The number of carbonyl (C=O) groups excluding carboxylic acids is 3. The van der Waals surface area contributed by atoms with Gasteiger partial charge in [-0.15, -0.1) is 0 Å².